The van der Waals surface area contributed by atoms with E-state index in [1.54, 1.807) is 26.0 Å². The van der Waals surface area contributed by atoms with Crippen molar-refractivity contribution in [3.63, 3.8) is 0 Å². The van der Waals surface area contributed by atoms with E-state index < -0.39 is 77.8 Å². The number of aromatic hydroxyl groups is 1. The van der Waals surface area contributed by atoms with Gasteiger partial charge in [0.05, 0.1) is 12.3 Å². The minimum atomic E-state index is -1.61. The standard InChI is InChI=1S/C24H33ClN4O8/c1-12(2)21(24(37)29(13(3)22(26)35)18(10-20(33)34)19(32)11-25)28-23(36)17(27-14(4)30)9-15-5-7-16(31)8-6-15/h5-8,12-13,17-18,21,31H,9-11H2,1-4H3,(H2,26,35)(H,27,30)(H,28,36)(H,33,34)/t13-,17-,18-,21-/m0/s1. The lowest BCUT2D eigenvalue weighted by Gasteiger charge is -2.37. The van der Waals surface area contributed by atoms with Crippen LogP contribution in [0.1, 0.15) is 39.7 Å². The van der Waals surface area contributed by atoms with Crippen LogP contribution >= 0.6 is 11.6 Å². The number of halogens is 1. The summed E-state index contributed by atoms with van der Waals surface area (Å²) in [5, 5.41) is 23.9. The number of hydrogen-bond acceptors (Lipinski definition) is 7. The van der Waals surface area contributed by atoms with E-state index in [4.69, 9.17) is 17.3 Å². The molecule has 37 heavy (non-hydrogen) atoms. The van der Waals surface area contributed by atoms with Crippen molar-refractivity contribution < 1.29 is 39.0 Å². The van der Waals surface area contributed by atoms with Gasteiger partial charge in [0.15, 0.2) is 5.78 Å². The Morgan fingerprint density at radius 3 is 2.03 bits per heavy atom. The maximum atomic E-state index is 13.7. The third-order valence-corrected chi connectivity index (χ3v) is 5.85. The Bertz CT molecular complexity index is 1010. The van der Waals surface area contributed by atoms with Crippen LogP contribution in [0.3, 0.4) is 0 Å². The number of nitrogens with one attached hydrogen (secondary N) is 2. The molecule has 0 spiro atoms. The lowest BCUT2D eigenvalue weighted by Crippen LogP contribution is -2.62. The molecule has 4 atom stereocenters. The van der Waals surface area contributed by atoms with Crippen LogP contribution in [0.5, 0.6) is 5.75 Å². The monoisotopic (exact) mass is 540 g/mol. The van der Waals surface area contributed by atoms with Crippen molar-refractivity contribution >= 4 is 47.0 Å². The van der Waals surface area contributed by atoms with Gasteiger partial charge in [0, 0.05) is 13.3 Å². The van der Waals surface area contributed by atoms with Crippen LogP contribution in [0, 0.1) is 5.92 Å². The smallest absolute Gasteiger partial charge is 0.305 e. The fourth-order valence-corrected chi connectivity index (χ4v) is 3.80. The summed E-state index contributed by atoms with van der Waals surface area (Å²) in [6.07, 6.45) is -0.804. The second-order valence-electron chi connectivity index (χ2n) is 8.89. The number of carboxylic acids is 1. The minimum absolute atomic E-state index is 0.0146. The minimum Gasteiger partial charge on any atom is -0.508 e. The van der Waals surface area contributed by atoms with Crippen LogP contribution in [-0.4, -0.2) is 80.5 Å². The number of primary amides is 1. The van der Waals surface area contributed by atoms with E-state index in [1.165, 1.54) is 26.0 Å². The summed E-state index contributed by atoms with van der Waals surface area (Å²) >= 11 is 5.64. The van der Waals surface area contributed by atoms with Gasteiger partial charge in [-0.05, 0) is 30.5 Å². The summed E-state index contributed by atoms with van der Waals surface area (Å²) in [5.41, 5.74) is 5.99. The molecule has 1 rings (SSSR count). The molecule has 0 fully saturated rings. The Labute approximate surface area is 219 Å². The number of nitrogens with two attached hydrogens (primary N) is 1. The van der Waals surface area contributed by atoms with E-state index in [0.717, 1.165) is 4.90 Å². The molecule has 1 aromatic carbocycles. The predicted octanol–water partition coefficient (Wildman–Crippen LogP) is -0.0662. The van der Waals surface area contributed by atoms with Gasteiger partial charge in [-0.25, -0.2) is 0 Å². The summed E-state index contributed by atoms with van der Waals surface area (Å²) in [5.74, 6) is -6.57. The summed E-state index contributed by atoms with van der Waals surface area (Å²) in [4.78, 5) is 75.3. The largest absolute Gasteiger partial charge is 0.508 e. The summed E-state index contributed by atoms with van der Waals surface area (Å²) in [6.45, 7) is 5.64. The van der Waals surface area contributed by atoms with Gasteiger partial charge in [-0.3, -0.25) is 28.8 Å². The van der Waals surface area contributed by atoms with Crippen molar-refractivity contribution in [1.82, 2.24) is 15.5 Å². The van der Waals surface area contributed by atoms with Gasteiger partial charge < -0.3 is 31.5 Å². The zero-order valence-corrected chi connectivity index (χ0v) is 21.8. The lowest BCUT2D eigenvalue weighted by molar-refractivity contribution is -0.152. The number of carbonyl (C=O) groups excluding carboxylic acids is 5. The molecule has 0 aliphatic carbocycles. The highest BCUT2D eigenvalue weighted by atomic mass is 35.5. The topological polar surface area (TPSA) is 196 Å². The van der Waals surface area contributed by atoms with Crippen LogP contribution in [0.2, 0.25) is 0 Å². The fraction of sp³-hybridized carbons (Fsp3) is 0.500. The van der Waals surface area contributed by atoms with Crippen LogP contribution in [0.15, 0.2) is 24.3 Å². The number of rotatable bonds is 14. The Hall–Kier alpha value is -3.67. The number of carboxylic acid groups (broad SMARTS) is 1. The van der Waals surface area contributed by atoms with Crippen LogP contribution < -0.4 is 16.4 Å². The first-order valence-electron chi connectivity index (χ1n) is 11.5. The molecule has 6 N–H and O–H groups in total. The van der Waals surface area contributed by atoms with Crippen LogP contribution in [0.25, 0.3) is 0 Å². The quantitative estimate of drug-likeness (QED) is 0.202. The third-order valence-electron chi connectivity index (χ3n) is 5.59. The van der Waals surface area contributed by atoms with Crippen LogP contribution in [-0.2, 0) is 35.2 Å². The Morgan fingerprint density at radius 2 is 1.59 bits per heavy atom. The number of aliphatic carboxylic acids is 1. The number of alkyl halides is 1. The van der Waals surface area contributed by atoms with E-state index in [9.17, 15) is 39.0 Å². The molecule has 0 aliphatic rings. The number of hydrogen-bond donors (Lipinski definition) is 5. The molecule has 1 aromatic rings. The second-order valence-corrected chi connectivity index (χ2v) is 9.16. The first-order valence-corrected chi connectivity index (χ1v) is 12.0. The normalized spacial score (nSPS) is 14.1. The highest BCUT2D eigenvalue weighted by Crippen LogP contribution is 2.18. The first-order chi connectivity index (χ1) is 17.2. The molecule has 0 unspecified atom stereocenters. The Kier molecular flexibility index (Phi) is 12.0. The van der Waals surface area contributed by atoms with E-state index in [2.05, 4.69) is 10.6 Å². The number of carbonyl (C=O) groups is 6. The lowest BCUT2D eigenvalue weighted by atomic mass is 9.97. The number of phenolic OH excluding ortho intramolecular Hbond substituents is 1. The second kappa shape index (κ2) is 14.2. The molecule has 13 heteroatoms. The van der Waals surface area contributed by atoms with Crippen molar-refractivity contribution in [1.29, 1.82) is 0 Å². The molecule has 0 heterocycles. The van der Waals surface area contributed by atoms with Gasteiger partial charge in [-0.15, -0.1) is 11.6 Å². The summed E-state index contributed by atoms with van der Waals surface area (Å²) < 4.78 is 0. The maximum Gasteiger partial charge on any atom is 0.305 e. The first kappa shape index (κ1) is 31.4. The molecule has 0 bridgehead atoms. The molecular weight excluding hydrogens is 508 g/mol. The third kappa shape index (κ3) is 9.37. The maximum absolute atomic E-state index is 13.7. The number of amides is 4. The molecule has 0 saturated heterocycles. The number of ketones is 1. The van der Waals surface area contributed by atoms with Gasteiger partial charge in [-0.2, -0.15) is 0 Å². The van der Waals surface area contributed by atoms with Gasteiger partial charge in [-0.1, -0.05) is 26.0 Å². The van der Waals surface area contributed by atoms with Crippen molar-refractivity contribution in [2.75, 3.05) is 5.88 Å². The van der Waals surface area contributed by atoms with Gasteiger partial charge in [0.2, 0.25) is 23.6 Å². The van der Waals surface area contributed by atoms with Crippen molar-refractivity contribution in [3.8, 4) is 5.75 Å². The van der Waals surface area contributed by atoms with Crippen molar-refractivity contribution in [2.24, 2.45) is 11.7 Å². The number of Topliss-reactive ketones (excluding diaryl/α,β-unsaturated/α-hetero) is 1. The zero-order chi connectivity index (χ0) is 28.4. The molecule has 0 saturated carbocycles. The van der Waals surface area contributed by atoms with Gasteiger partial charge in [0.1, 0.15) is 29.9 Å². The van der Waals surface area contributed by atoms with Crippen molar-refractivity contribution in [3.05, 3.63) is 29.8 Å². The number of nitrogens with zero attached hydrogens (tertiary/aromatic N) is 1. The molecule has 0 aliphatic heterocycles. The van der Waals surface area contributed by atoms with Crippen LogP contribution in [0.4, 0.5) is 0 Å². The number of benzene rings is 1. The average Bonchev–Trinajstić information content (AvgIpc) is 2.81. The Morgan fingerprint density at radius 1 is 1.03 bits per heavy atom. The molecule has 12 nitrogen and oxygen atoms in total. The summed E-state index contributed by atoms with van der Waals surface area (Å²) in [6, 6.07) is 0.523. The Balaban J connectivity index is 3.37. The van der Waals surface area contributed by atoms with E-state index in [-0.39, 0.29) is 12.2 Å². The van der Waals surface area contributed by atoms with Gasteiger partial charge in [0.25, 0.3) is 0 Å². The van der Waals surface area contributed by atoms with E-state index in [0.29, 0.717) is 5.56 Å². The van der Waals surface area contributed by atoms with Gasteiger partial charge >= 0.3 is 5.97 Å². The average molecular weight is 541 g/mol. The molecule has 0 radical (unpaired) electrons. The molecule has 204 valence electrons. The highest BCUT2D eigenvalue weighted by Gasteiger charge is 2.41. The number of phenols is 1. The fourth-order valence-electron chi connectivity index (χ4n) is 3.62. The predicted molar refractivity (Wildman–Crippen MR) is 133 cm³/mol. The molecule has 0 aromatic heterocycles. The SMILES string of the molecule is CC(=O)N[C@@H](Cc1ccc(O)cc1)C(=O)N[C@H](C(=O)N([C@@H](C)C(N)=O)[C@@H](CC(=O)O)C(=O)CCl)C(C)C. The van der Waals surface area contributed by atoms with Crippen molar-refractivity contribution in [2.45, 2.75) is 64.7 Å². The zero-order valence-electron chi connectivity index (χ0n) is 21.1. The van der Waals surface area contributed by atoms with E-state index >= 15 is 0 Å². The molecular formula is C24H33ClN4O8. The summed E-state index contributed by atoms with van der Waals surface area (Å²) in [7, 11) is 0. The van der Waals surface area contributed by atoms with E-state index in [1.807, 2.05) is 0 Å². The molecule has 4 amide bonds. The highest BCUT2D eigenvalue weighted by molar-refractivity contribution is 6.28.